The molecule has 2 heteroatoms. The van der Waals surface area contributed by atoms with E-state index in [2.05, 4.69) is 11.8 Å². The maximum absolute atomic E-state index is 5.13. The summed E-state index contributed by atoms with van der Waals surface area (Å²) in [7, 11) is 1.80. The molecule has 2 nitrogen and oxygen atoms in total. The molecular formula is C12H23NO. The molecule has 0 aromatic heterocycles. The second-order valence-corrected chi connectivity index (χ2v) is 5.02. The highest BCUT2D eigenvalue weighted by molar-refractivity contribution is 4.91. The van der Waals surface area contributed by atoms with E-state index in [1.165, 1.54) is 32.4 Å². The molecule has 0 bridgehead atoms. The van der Waals surface area contributed by atoms with E-state index in [1.807, 2.05) is 0 Å². The number of rotatable bonds is 4. The predicted octanol–water partition coefficient (Wildman–Crippen LogP) is 2.00. The Bertz CT molecular complexity index is 169. The lowest BCUT2D eigenvalue weighted by Crippen LogP contribution is -2.26. The Morgan fingerprint density at radius 1 is 1.21 bits per heavy atom. The van der Waals surface area contributed by atoms with E-state index in [0.29, 0.717) is 0 Å². The molecule has 1 saturated carbocycles. The average Bonchev–Trinajstić information content (AvgIpc) is 2.71. The highest BCUT2D eigenvalue weighted by Gasteiger charge is 2.39. The zero-order chi connectivity index (χ0) is 9.97. The van der Waals surface area contributed by atoms with Gasteiger partial charge in [0.05, 0.1) is 6.61 Å². The van der Waals surface area contributed by atoms with Crippen molar-refractivity contribution in [2.45, 2.75) is 26.2 Å². The predicted molar refractivity (Wildman–Crippen MR) is 58.3 cm³/mol. The van der Waals surface area contributed by atoms with Crippen molar-refractivity contribution in [3.05, 3.63) is 0 Å². The SMILES string of the molecule is CCC1C[C@@H]2CN(CCOC)C[C@@H]2C1. The third-order valence-electron chi connectivity index (χ3n) is 4.11. The monoisotopic (exact) mass is 197 g/mol. The van der Waals surface area contributed by atoms with E-state index in [0.717, 1.165) is 30.9 Å². The normalized spacial score (nSPS) is 37.7. The van der Waals surface area contributed by atoms with Gasteiger partial charge in [0.2, 0.25) is 0 Å². The Balaban J connectivity index is 1.76. The van der Waals surface area contributed by atoms with Crippen LogP contribution >= 0.6 is 0 Å². The van der Waals surface area contributed by atoms with Crippen LogP contribution in [0.4, 0.5) is 0 Å². The van der Waals surface area contributed by atoms with Gasteiger partial charge in [-0.15, -0.1) is 0 Å². The van der Waals surface area contributed by atoms with Crippen LogP contribution in [-0.2, 0) is 4.74 Å². The van der Waals surface area contributed by atoms with Crippen LogP contribution in [0.2, 0.25) is 0 Å². The van der Waals surface area contributed by atoms with Gasteiger partial charge >= 0.3 is 0 Å². The van der Waals surface area contributed by atoms with Crippen LogP contribution in [0.5, 0.6) is 0 Å². The minimum absolute atomic E-state index is 0.899. The van der Waals surface area contributed by atoms with Gasteiger partial charge < -0.3 is 9.64 Å². The molecule has 1 aliphatic heterocycles. The molecular weight excluding hydrogens is 174 g/mol. The van der Waals surface area contributed by atoms with Crippen molar-refractivity contribution in [1.29, 1.82) is 0 Å². The lowest BCUT2D eigenvalue weighted by molar-refractivity contribution is 0.155. The fraction of sp³-hybridized carbons (Fsp3) is 1.00. The number of fused-ring (bicyclic) bond motifs is 1. The summed E-state index contributed by atoms with van der Waals surface area (Å²) in [4.78, 5) is 2.59. The first kappa shape index (κ1) is 10.4. The second kappa shape index (κ2) is 4.63. The molecule has 2 rings (SSSR count). The Hall–Kier alpha value is -0.0800. The quantitative estimate of drug-likeness (QED) is 0.683. The van der Waals surface area contributed by atoms with Crippen molar-refractivity contribution in [3.8, 4) is 0 Å². The van der Waals surface area contributed by atoms with Gasteiger partial charge in [0.15, 0.2) is 0 Å². The molecule has 0 amide bonds. The zero-order valence-corrected chi connectivity index (χ0v) is 9.54. The Morgan fingerprint density at radius 2 is 1.86 bits per heavy atom. The standard InChI is InChI=1S/C12H23NO/c1-3-10-6-11-8-13(4-5-14-2)9-12(11)7-10/h10-12H,3-9H2,1-2H3/t10?,11-,12+. The number of hydrogen-bond acceptors (Lipinski definition) is 2. The fourth-order valence-corrected chi connectivity index (χ4v) is 3.26. The summed E-state index contributed by atoms with van der Waals surface area (Å²) in [6, 6.07) is 0. The number of nitrogens with zero attached hydrogens (tertiary/aromatic N) is 1. The maximum atomic E-state index is 5.13. The van der Waals surface area contributed by atoms with Crippen LogP contribution in [0.3, 0.4) is 0 Å². The average molecular weight is 197 g/mol. The minimum atomic E-state index is 0.899. The third-order valence-corrected chi connectivity index (χ3v) is 4.11. The molecule has 0 spiro atoms. The molecule has 3 atom stereocenters. The van der Waals surface area contributed by atoms with Crippen LogP contribution in [0.25, 0.3) is 0 Å². The number of hydrogen-bond donors (Lipinski definition) is 0. The van der Waals surface area contributed by atoms with Crippen molar-refractivity contribution in [2.24, 2.45) is 17.8 Å². The van der Waals surface area contributed by atoms with E-state index < -0.39 is 0 Å². The van der Waals surface area contributed by atoms with E-state index >= 15 is 0 Å². The highest BCUT2D eigenvalue weighted by Crippen LogP contribution is 2.42. The molecule has 82 valence electrons. The van der Waals surface area contributed by atoms with Gasteiger partial charge in [0.1, 0.15) is 0 Å². The van der Waals surface area contributed by atoms with Crippen molar-refractivity contribution >= 4 is 0 Å². The Labute approximate surface area is 87.6 Å². The number of likely N-dealkylation sites (tertiary alicyclic amines) is 1. The van der Waals surface area contributed by atoms with Gasteiger partial charge in [-0.05, 0) is 30.6 Å². The summed E-state index contributed by atoms with van der Waals surface area (Å²) in [5.41, 5.74) is 0. The molecule has 2 aliphatic rings. The molecule has 0 aromatic carbocycles. The van der Waals surface area contributed by atoms with Crippen LogP contribution in [0.1, 0.15) is 26.2 Å². The topological polar surface area (TPSA) is 12.5 Å². The van der Waals surface area contributed by atoms with E-state index in [4.69, 9.17) is 4.74 Å². The molecule has 0 radical (unpaired) electrons. The molecule has 2 fully saturated rings. The van der Waals surface area contributed by atoms with Crippen LogP contribution in [0, 0.1) is 17.8 Å². The van der Waals surface area contributed by atoms with E-state index in [-0.39, 0.29) is 0 Å². The summed E-state index contributed by atoms with van der Waals surface area (Å²) in [6.45, 7) is 7.06. The largest absolute Gasteiger partial charge is 0.383 e. The molecule has 14 heavy (non-hydrogen) atoms. The summed E-state index contributed by atoms with van der Waals surface area (Å²) in [5.74, 6) is 3.06. The molecule has 1 unspecified atom stereocenters. The van der Waals surface area contributed by atoms with Gasteiger partial charge in [-0.3, -0.25) is 0 Å². The van der Waals surface area contributed by atoms with Crippen molar-refractivity contribution in [3.63, 3.8) is 0 Å². The third kappa shape index (κ3) is 2.12. The Morgan fingerprint density at radius 3 is 2.36 bits per heavy atom. The first-order valence-electron chi connectivity index (χ1n) is 6.04. The molecule has 1 heterocycles. The second-order valence-electron chi connectivity index (χ2n) is 5.02. The summed E-state index contributed by atoms with van der Waals surface area (Å²) in [6.07, 6.45) is 4.38. The van der Waals surface area contributed by atoms with Crippen molar-refractivity contribution < 1.29 is 4.74 Å². The maximum Gasteiger partial charge on any atom is 0.0589 e. The minimum Gasteiger partial charge on any atom is -0.383 e. The van der Waals surface area contributed by atoms with Crippen molar-refractivity contribution in [2.75, 3.05) is 33.4 Å². The molecule has 1 aliphatic carbocycles. The van der Waals surface area contributed by atoms with E-state index in [9.17, 15) is 0 Å². The van der Waals surface area contributed by atoms with Gasteiger partial charge in [0, 0.05) is 26.7 Å². The van der Waals surface area contributed by atoms with Gasteiger partial charge in [-0.25, -0.2) is 0 Å². The summed E-state index contributed by atoms with van der Waals surface area (Å²) < 4.78 is 5.13. The van der Waals surface area contributed by atoms with Gasteiger partial charge in [-0.2, -0.15) is 0 Å². The summed E-state index contributed by atoms with van der Waals surface area (Å²) >= 11 is 0. The lowest BCUT2D eigenvalue weighted by atomic mass is 10.0. The first-order chi connectivity index (χ1) is 6.83. The highest BCUT2D eigenvalue weighted by atomic mass is 16.5. The lowest BCUT2D eigenvalue weighted by Gasteiger charge is -2.17. The smallest absolute Gasteiger partial charge is 0.0589 e. The molecule has 1 saturated heterocycles. The van der Waals surface area contributed by atoms with E-state index in [1.54, 1.807) is 7.11 Å². The molecule has 0 aromatic rings. The van der Waals surface area contributed by atoms with Crippen LogP contribution < -0.4 is 0 Å². The summed E-state index contributed by atoms with van der Waals surface area (Å²) in [5, 5.41) is 0. The van der Waals surface area contributed by atoms with Gasteiger partial charge in [-0.1, -0.05) is 13.3 Å². The number of methoxy groups -OCH3 is 1. The molecule has 0 N–H and O–H groups in total. The van der Waals surface area contributed by atoms with Gasteiger partial charge in [0.25, 0.3) is 0 Å². The number of ether oxygens (including phenoxy) is 1. The van der Waals surface area contributed by atoms with Crippen LogP contribution in [-0.4, -0.2) is 38.3 Å². The zero-order valence-electron chi connectivity index (χ0n) is 9.54. The van der Waals surface area contributed by atoms with Crippen LogP contribution in [0.15, 0.2) is 0 Å². The van der Waals surface area contributed by atoms with Crippen molar-refractivity contribution in [1.82, 2.24) is 4.90 Å². The first-order valence-corrected chi connectivity index (χ1v) is 6.04. The fourth-order valence-electron chi connectivity index (χ4n) is 3.26. The Kier molecular flexibility index (Phi) is 3.45.